The summed E-state index contributed by atoms with van der Waals surface area (Å²) in [6.45, 7) is 2.41. The average Bonchev–Trinajstić information content (AvgIpc) is 2.79. The number of aromatic nitrogens is 2. The first-order valence-corrected chi connectivity index (χ1v) is 9.88. The quantitative estimate of drug-likeness (QED) is 0.646. The first-order chi connectivity index (χ1) is 14.2. The molecule has 1 amide bonds. The summed E-state index contributed by atoms with van der Waals surface area (Å²) < 4.78 is 13.4. The van der Waals surface area contributed by atoms with Crippen LogP contribution >= 0.6 is 0 Å². The predicted molar refractivity (Wildman–Crippen MR) is 111 cm³/mol. The van der Waals surface area contributed by atoms with Crippen molar-refractivity contribution in [1.29, 1.82) is 0 Å². The van der Waals surface area contributed by atoms with E-state index in [9.17, 15) is 9.18 Å². The molecule has 5 nitrogen and oxygen atoms in total. The Kier molecular flexibility index (Phi) is 5.79. The first-order valence-electron chi connectivity index (χ1n) is 9.88. The normalized spacial score (nSPS) is 13.9. The van der Waals surface area contributed by atoms with Gasteiger partial charge in [0, 0.05) is 37.4 Å². The van der Waals surface area contributed by atoms with Gasteiger partial charge in [0.2, 0.25) is 0 Å². The molecule has 3 aromatic rings. The number of halogens is 1. The molecule has 1 aliphatic heterocycles. The summed E-state index contributed by atoms with van der Waals surface area (Å²) in [6, 6.07) is 13.4. The monoisotopic (exact) mass is 390 g/mol. The van der Waals surface area contributed by atoms with Crippen LogP contribution in [0.5, 0.6) is 0 Å². The van der Waals surface area contributed by atoms with Gasteiger partial charge >= 0.3 is 0 Å². The number of nitrogens with zero attached hydrogens (tertiary/aromatic N) is 4. The molecule has 1 aliphatic rings. The molecule has 3 heterocycles. The Hall–Kier alpha value is -3.28. The highest BCUT2D eigenvalue weighted by molar-refractivity contribution is 6.05. The highest BCUT2D eigenvalue weighted by Crippen LogP contribution is 2.22. The Bertz CT molecular complexity index is 939. The number of benzene rings is 1. The van der Waals surface area contributed by atoms with E-state index >= 15 is 0 Å². The topological polar surface area (TPSA) is 49.3 Å². The second-order valence-electron chi connectivity index (χ2n) is 7.18. The number of amides is 1. The Morgan fingerprint density at radius 2 is 1.79 bits per heavy atom. The van der Waals surface area contributed by atoms with Crippen LogP contribution < -0.4 is 9.80 Å². The summed E-state index contributed by atoms with van der Waals surface area (Å²) in [7, 11) is 0. The lowest BCUT2D eigenvalue weighted by Gasteiger charge is -2.28. The zero-order valence-corrected chi connectivity index (χ0v) is 16.2. The van der Waals surface area contributed by atoms with Crippen molar-refractivity contribution >= 4 is 17.4 Å². The number of piperidine rings is 1. The van der Waals surface area contributed by atoms with Gasteiger partial charge < -0.3 is 9.80 Å². The molecular formula is C23H23FN4O. The van der Waals surface area contributed by atoms with Crippen molar-refractivity contribution < 1.29 is 9.18 Å². The molecule has 0 unspecified atom stereocenters. The summed E-state index contributed by atoms with van der Waals surface area (Å²) in [5, 5.41) is 0. The van der Waals surface area contributed by atoms with Crippen LogP contribution in [0.4, 0.5) is 15.9 Å². The fourth-order valence-corrected chi connectivity index (χ4v) is 3.55. The molecular weight excluding hydrogens is 367 g/mol. The molecule has 6 heteroatoms. The Balaban J connectivity index is 1.58. The second kappa shape index (κ2) is 8.82. The Morgan fingerprint density at radius 3 is 2.45 bits per heavy atom. The van der Waals surface area contributed by atoms with Crippen LogP contribution in [0.3, 0.4) is 0 Å². The van der Waals surface area contributed by atoms with Crippen LogP contribution in [0.2, 0.25) is 0 Å². The number of pyridine rings is 2. The molecule has 0 spiro atoms. The van der Waals surface area contributed by atoms with Crippen molar-refractivity contribution in [2.75, 3.05) is 22.9 Å². The number of anilines is 2. The van der Waals surface area contributed by atoms with Gasteiger partial charge in [-0.3, -0.25) is 9.78 Å². The fraction of sp³-hybridized carbons (Fsp3) is 0.261. The van der Waals surface area contributed by atoms with E-state index in [4.69, 9.17) is 0 Å². The summed E-state index contributed by atoms with van der Waals surface area (Å²) in [5.41, 5.74) is 2.02. The molecule has 29 heavy (non-hydrogen) atoms. The van der Waals surface area contributed by atoms with Crippen molar-refractivity contribution in [3.8, 4) is 0 Å². The van der Waals surface area contributed by atoms with Gasteiger partial charge in [-0.05, 0) is 67.3 Å². The lowest BCUT2D eigenvalue weighted by molar-refractivity contribution is 0.0984. The van der Waals surface area contributed by atoms with Crippen molar-refractivity contribution in [2.24, 2.45) is 0 Å². The smallest absolute Gasteiger partial charge is 0.260 e. The minimum Gasteiger partial charge on any atom is -0.357 e. The Morgan fingerprint density at radius 1 is 1.00 bits per heavy atom. The number of hydrogen-bond donors (Lipinski definition) is 0. The maximum absolute atomic E-state index is 13.4. The van der Waals surface area contributed by atoms with Crippen LogP contribution in [0.1, 0.15) is 35.2 Å². The first kappa shape index (κ1) is 19.1. The lowest BCUT2D eigenvalue weighted by Crippen LogP contribution is -2.31. The summed E-state index contributed by atoms with van der Waals surface area (Å²) in [6.07, 6.45) is 8.65. The number of carbonyl (C=O) groups is 1. The molecule has 1 fully saturated rings. The number of carbonyl (C=O) groups excluding carboxylic acids is 1. The van der Waals surface area contributed by atoms with E-state index in [0.29, 0.717) is 17.8 Å². The van der Waals surface area contributed by atoms with Crippen LogP contribution in [0.15, 0.2) is 67.1 Å². The van der Waals surface area contributed by atoms with Gasteiger partial charge in [-0.15, -0.1) is 0 Å². The molecule has 0 bridgehead atoms. The zero-order valence-electron chi connectivity index (χ0n) is 16.2. The van der Waals surface area contributed by atoms with Crippen LogP contribution in [0.25, 0.3) is 0 Å². The third-order valence-corrected chi connectivity index (χ3v) is 5.12. The van der Waals surface area contributed by atoms with Crippen molar-refractivity contribution in [3.63, 3.8) is 0 Å². The van der Waals surface area contributed by atoms with E-state index < -0.39 is 0 Å². The van der Waals surface area contributed by atoms with Gasteiger partial charge in [0.15, 0.2) is 0 Å². The van der Waals surface area contributed by atoms with Gasteiger partial charge in [0.1, 0.15) is 11.6 Å². The summed E-state index contributed by atoms with van der Waals surface area (Å²) in [5.74, 6) is 0.445. The molecule has 0 atom stereocenters. The van der Waals surface area contributed by atoms with Gasteiger partial charge in [0.05, 0.1) is 12.1 Å². The van der Waals surface area contributed by atoms with E-state index in [0.717, 1.165) is 24.5 Å². The van der Waals surface area contributed by atoms with Crippen LogP contribution in [0, 0.1) is 5.82 Å². The molecule has 4 rings (SSSR count). The highest BCUT2D eigenvalue weighted by atomic mass is 19.1. The standard InChI is InChI=1S/C23H23FN4O/c24-20-7-9-21(10-8-20)28(23(29)19-5-4-12-25-16-19)17-18-6-11-22(26-15-18)27-13-2-1-3-14-27/h4-12,15-16H,1-3,13-14,17H2. The minimum atomic E-state index is -0.338. The van der Waals surface area contributed by atoms with Crippen LogP contribution in [-0.2, 0) is 6.54 Å². The van der Waals surface area contributed by atoms with Gasteiger partial charge in [0.25, 0.3) is 5.91 Å². The van der Waals surface area contributed by atoms with Crippen molar-refractivity contribution in [1.82, 2.24) is 9.97 Å². The molecule has 1 saturated heterocycles. The van der Waals surface area contributed by atoms with Gasteiger partial charge in [-0.25, -0.2) is 9.37 Å². The molecule has 2 aromatic heterocycles. The SMILES string of the molecule is O=C(c1cccnc1)N(Cc1ccc(N2CCCCC2)nc1)c1ccc(F)cc1. The Labute approximate surface area is 169 Å². The molecule has 0 aliphatic carbocycles. The highest BCUT2D eigenvalue weighted by Gasteiger charge is 2.19. The molecule has 0 radical (unpaired) electrons. The third kappa shape index (κ3) is 4.59. The van der Waals surface area contributed by atoms with E-state index in [1.54, 1.807) is 35.4 Å². The number of hydrogen-bond acceptors (Lipinski definition) is 4. The third-order valence-electron chi connectivity index (χ3n) is 5.12. The van der Waals surface area contributed by atoms with E-state index in [-0.39, 0.29) is 11.7 Å². The zero-order chi connectivity index (χ0) is 20.1. The number of rotatable bonds is 5. The summed E-state index contributed by atoms with van der Waals surface area (Å²) in [4.78, 5) is 25.7. The van der Waals surface area contributed by atoms with Crippen molar-refractivity contribution in [2.45, 2.75) is 25.8 Å². The lowest BCUT2D eigenvalue weighted by atomic mass is 10.1. The molecule has 0 N–H and O–H groups in total. The average molecular weight is 390 g/mol. The van der Waals surface area contributed by atoms with Crippen LogP contribution in [-0.4, -0.2) is 29.0 Å². The van der Waals surface area contributed by atoms with Gasteiger partial charge in [-0.1, -0.05) is 6.07 Å². The van der Waals surface area contributed by atoms with E-state index in [2.05, 4.69) is 14.9 Å². The fourth-order valence-electron chi connectivity index (χ4n) is 3.55. The summed E-state index contributed by atoms with van der Waals surface area (Å²) >= 11 is 0. The maximum atomic E-state index is 13.4. The second-order valence-corrected chi connectivity index (χ2v) is 7.18. The van der Waals surface area contributed by atoms with Crippen molar-refractivity contribution in [3.05, 3.63) is 84.1 Å². The largest absolute Gasteiger partial charge is 0.357 e. The predicted octanol–water partition coefficient (Wildman–Crippen LogP) is 4.45. The minimum absolute atomic E-state index is 0.190. The van der Waals surface area contributed by atoms with E-state index in [1.165, 1.54) is 37.6 Å². The molecule has 0 saturated carbocycles. The molecule has 1 aromatic carbocycles. The maximum Gasteiger partial charge on any atom is 0.260 e. The van der Waals surface area contributed by atoms with E-state index in [1.807, 2.05) is 18.3 Å². The van der Waals surface area contributed by atoms with Gasteiger partial charge in [-0.2, -0.15) is 0 Å². The molecule has 148 valence electrons.